The monoisotopic (exact) mass is 144 g/mol. The molecule has 2 rings (SSSR count). The second kappa shape index (κ2) is 2.48. The molecule has 0 aromatic heterocycles. The minimum Gasteiger partial charge on any atom is -0.249 e. The zero-order valence-corrected chi connectivity index (χ0v) is 6.28. The standard InChI is InChI=1S/C6H12N2S/c1-2-6(3-1)8-5-4-7-9-8/h6-7H,1-5H2. The molecule has 9 heavy (non-hydrogen) atoms. The Morgan fingerprint density at radius 1 is 1.44 bits per heavy atom. The van der Waals surface area contributed by atoms with Crippen LogP contribution in [0.1, 0.15) is 19.3 Å². The molecular formula is C6H12N2S. The Balaban J connectivity index is 1.82. The van der Waals surface area contributed by atoms with Gasteiger partial charge in [-0.25, -0.2) is 9.03 Å². The van der Waals surface area contributed by atoms with E-state index in [-0.39, 0.29) is 0 Å². The van der Waals surface area contributed by atoms with Crippen LogP contribution in [0, 0.1) is 0 Å². The van der Waals surface area contributed by atoms with Crippen LogP contribution in [0.15, 0.2) is 0 Å². The first-order valence-electron chi connectivity index (χ1n) is 3.63. The summed E-state index contributed by atoms with van der Waals surface area (Å²) in [5.41, 5.74) is 0. The van der Waals surface area contributed by atoms with Gasteiger partial charge in [-0.15, -0.1) is 0 Å². The SMILES string of the molecule is C1CC(N2CCNS2)C1. The van der Waals surface area contributed by atoms with Crippen LogP contribution >= 0.6 is 12.1 Å². The van der Waals surface area contributed by atoms with E-state index >= 15 is 0 Å². The number of hydrogen-bond acceptors (Lipinski definition) is 3. The molecule has 3 heteroatoms. The fraction of sp³-hybridized carbons (Fsp3) is 1.00. The van der Waals surface area contributed by atoms with E-state index in [9.17, 15) is 0 Å². The van der Waals surface area contributed by atoms with Crippen molar-refractivity contribution in [2.45, 2.75) is 25.3 Å². The van der Waals surface area contributed by atoms with Crippen LogP contribution in [0.2, 0.25) is 0 Å². The molecule has 0 amide bonds. The van der Waals surface area contributed by atoms with Gasteiger partial charge in [-0.3, -0.25) is 0 Å². The van der Waals surface area contributed by atoms with Gasteiger partial charge in [-0.05, 0) is 12.8 Å². The molecule has 0 radical (unpaired) electrons. The van der Waals surface area contributed by atoms with E-state index < -0.39 is 0 Å². The molecule has 1 aliphatic carbocycles. The molecule has 0 unspecified atom stereocenters. The van der Waals surface area contributed by atoms with Gasteiger partial charge in [0, 0.05) is 31.3 Å². The molecule has 1 N–H and O–H groups in total. The van der Waals surface area contributed by atoms with Crippen molar-refractivity contribution in [1.29, 1.82) is 0 Å². The average Bonchev–Trinajstić information content (AvgIpc) is 2.11. The third-order valence-electron chi connectivity index (χ3n) is 2.10. The first-order chi connectivity index (χ1) is 4.47. The van der Waals surface area contributed by atoms with Crippen molar-refractivity contribution in [3.63, 3.8) is 0 Å². The molecule has 0 spiro atoms. The molecule has 0 aromatic rings. The van der Waals surface area contributed by atoms with Crippen molar-refractivity contribution in [2.75, 3.05) is 13.1 Å². The van der Waals surface area contributed by atoms with Crippen molar-refractivity contribution in [1.82, 2.24) is 9.03 Å². The van der Waals surface area contributed by atoms with Gasteiger partial charge >= 0.3 is 0 Å². The third kappa shape index (κ3) is 1.09. The maximum Gasteiger partial charge on any atom is 0.0240 e. The normalized spacial score (nSPS) is 30.7. The summed E-state index contributed by atoms with van der Waals surface area (Å²) in [4.78, 5) is 0. The van der Waals surface area contributed by atoms with Crippen LogP contribution in [0.5, 0.6) is 0 Å². The number of nitrogens with zero attached hydrogens (tertiary/aromatic N) is 1. The Labute approximate surface area is 60.3 Å². The van der Waals surface area contributed by atoms with Crippen LogP contribution in [0.25, 0.3) is 0 Å². The summed E-state index contributed by atoms with van der Waals surface area (Å²) in [6.07, 6.45) is 4.30. The van der Waals surface area contributed by atoms with Crippen LogP contribution in [0.3, 0.4) is 0 Å². The third-order valence-corrected chi connectivity index (χ3v) is 3.15. The molecule has 2 nitrogen and oxygen atoms in total. The van der Waals surface area contributed by atoms with Gasteiger partial charge in [0.25, 0.3) is 0 Å². The minimum absolute atomic E-state index is 0.907. The van der Waals surface area contributed by atoms with E-state index in [1.165, 1.54) is 32.4 Å². The smallest absolute Gasteiger partial charge is 0.0240 e. The highest BCUT2D eigenvalue weighted by molar-refractivity contribution is 7.95. The largest absolute Gasteiger partial charge is 0.249 e. The molecular weight excluding hydrogens is 132 g/mol. The predicted octanol–water partition coefficient (Wildman–Crippen LogP) is 1.01. The Kier molecular flexibility index (Phi) is 1.66. The van der Waals surface area contributed by atoms with Gasteiger partial charge < -0.3 is 0 Å². The molecule has 2 aliphatic rings. The summed E-state index contributed by atoms with van der Waals surface area (Å²) in [5, 5.41) is 0. The molecule has 52 valence electrons. The summed E-state index contributed by atoms with van der Waals surface area (Å²) in [6.45, 7) is 2.41. The van der Waals surface area contributed by atoms with E-state index in [1.807, 2.05) is 12.1 Å². The quantitative estimate of drug-likeness (QED) is 0.553. The lowest BCUT2D eigenvalue weighted by molar-refractivity contribution is 0.249. The summed E-state index contributed by atoms with van der Waals surface area (Å²) < 4.78 is 5.74. The van der Waals surface area contributed by atoms with E-state index in [0.29, 0.717) is 0 Å². The highest BCUT2D eigenvalue weighted by atomic mass is 32.2. The van der Waals surface area contributed by atoms with Gasteiger partial charge in [0.2, 0.25) is 0 Å². The molecule has 0 aromatic carbocycles. The van der Waals surface area contributed by atoms with Gasteiger partial charge in [0.15, 0.2) is 0 Å². The summed E-state index contributed by atoms with van der Waals surface area (Å²) in [5.74, 6) is 0. The van der Waals surface area contributed by atoms with Crippen molar-refractivity contribution < 1.29 is 0 Å². The van der Waals surface area contributed by atoms with Crippen molar-refractivity contribution >= 4 is 12.1 Å². The maximum absolute atomic E-state index is 3.26. The topological polar surface area (TPSA) is 15.3 Å². The van der Waals surface area contributed by atoms with Gasteiger partial charge in [-0.1, -0.05) is 6.42 Å². The minimum atomic E-state index is 0.907. The zero-order valence-electron chi connectivity index (χ0n) is 5.47. The second-order valence-corrected chi connectivity index (χ2v) is 3.65. The molecule has 0 bridgehead atoms. The Hall–Kier alpha value is 0.270. The van der Waals surface area contributed by atoms with E-state index in [2.05, 4.69) is 9.03 Å². The lowest BCUT2D eigenvalue weighted by Gasteiger charge is -2.32. The molecule has 1 saturated carbocycles. The van der Waals surface area contributed by atoms with Crippen LogP contribution in [0.4, 0.5) is 0 Å². The van der Waals surface area contributed by atoms with Crippen LogP contribution in [-0.2, 0) is 0 Å². The van der Waals surface area contributed by atoms with E-state index in [1.54, 1.807) is 0 Å². The molecule has 1 saturated heterocycles. The van der Waals surface area contributed by atoms with Gasteiger partial charge in [-0.2, -0.15) is 0 Å². The summed E-state index contributed by atoms with van der Waals surface area (Å²) in [7, 11) is 0. The summed E-state index contributed by atoms with van der Waals surface area (Å²) >= 11 is 1.81. The predicted molar refractivity (Wildman–Crippen MR) is 39.9 cm³/mol. The van der Waals surface area contributed by atoms with Crippen LogP contribution < -0.4 is 4.72 Å². The number of rotatable bonds is 1. The van der Waals surface area contributed by atoms with E-state index in [4.69, 9.17) is 0 Å². The Morgan fingerprint density at radius 3 is 2.78 bits per heavy atom. The first kappa shape index (κ1) is 6.01. The lowest BCUT2D eigenvalue weighted by atomic mass is 9.93. The van der Waals surface area contributed by atoms with Crippen molar-refractivity contribution in [2.24, 2.45) is 0 Å². The molecule has 1 aliphatic heterocycles. The fourth-order valence-corrected chi connectivity index (χ4v) is 2.15. The highest BCUT2D eigenvalue weighted by Crippen LogP contribution is 2.29. The van der Waals surface area contributed by atoms with Gasteiger partial charge in [0.1, 0.15) is 0 Å². The number of nitrogens with one attached hydrogen (secondary N) is 1. The average molecular weight is 144 g/mol. The summed E-state index contributed by atoms with van der Waals surface area (Å²) in [6, 6.07) is 0.907. The van der Waals surface area contributed by atoms with Crippen molar-refractivity contribution in [3.05, 3.63) is 0 Å². The molecule has 1 heterocycles. The van der Waals surface area contributed by atoms with E-state index in [0.717, 1.165) is 6.04 Å². The zero-order chi connectivity index (χ0) is 6.10. The Bertz CT molecular complexity index is 97.2. The number of hydrogen-bond donors (Lipinski definition) is 1. The molecule has 2 fully saturated rings. The van der Waals surface area contributed by atoms with Crippen LogP contribution in [-0.4, -0.2) is 23.4 Å². The van der Waals surface area contributed by atoms with Crippen molar-refractivity contribution in [3.8, 4) is 0 Å². The fourth-order valence-electron chi connectivity index (χ4n) is 1.26. The maximum atomic E-state index is 3.26. The second-order valence-electron chi connectivity index (χ2n) is 2.71. The highest BCUT2D eigenvalue weighted by Gasteiger charge is 2.27. The lowest BCUT2D eigenvalue weighted by Crippen LogP contribution is -2.33. The molecule has 0 atom stereocenters. The first-order valence-corrected chi connectivity index (χ1v) is 4.40. The Morgan fingerprint density at radius 2 is 2.33 bits per heavy atom. The van der Waals surface area contributed by atoms with Gasteiger partial charge in [0.05, 0.1) is 0 Å².